The third kappa shape index (κ3) is 5.95. The van der Waals surface area contributed by atoms with Gasteiger partial charge in [0.1, 0.15) is 0 Å². The van der Waals surface area contributed by atoms with Crippen LogP contribution < -0.4 is 5.32 Å². The van der Waals surface area contributed by atoms with Crippen LogP contribution in [-0.2, 0) is 0 Å². The second-order valence-corrected chi connectivity index (χ2v) is 5.94. The predicted molar refractivity (Wildman–Crippen MR) is 85.0 cm³/mol. The molecule has 1 rings (SSSR count). The van der Waals surface area contributed by atoms with Crippen molar-refractivity contribution in [3.63, 3.8) is 0 Å². The molecule has 0 bridgehead atoms. The second-order valence-electron chi connectivity index (χ2n) is 4.02. The first kappa shape index (κ1) is 15.6. The zero-order valence-corrected chi connectivity index (χ0v) is 13.4. The van der Waals surface area contributed by atoms with Gasteiger partial charge in [0, 0.05) is 27.6 Å². The number of hydrogen-bond acceptors (Lipinski definition) is 2. The zero-order valence-electron chi connectivity index (χ0n) is 11.0. The molecule has 0 amide bonds. The standard InChI is InChI=1S/C15H20BrNS/c1-3-5-8-13(17-11-4-2)12-18-15-10-7-6-9-14(15)16/h6-7,9-10,13,17H,4,8,11-12H2,1-2H3. The Balaban J connectivity index is 2.49. The van der Waals surface area contributed by atoms with E-state index < -0.39 is 0 Å². The Hall–Kier alpha value is -0.430. The number of hydrogen-bond donors (Lipinski definition) is 1. The summed E-state index contributed by atoms with van der Waals surface area (Å²) in [7, 11) is 0. The van der Waals surface area contributed by atoms with E-state index in [1.807, 2.05) is 24.8 Å². The van der Waals surface area contributed by atoms with Crippen molar-refractivity contribution in [3.8, 4) is 11.8 Å². The molecule has 0 spiro atoms. The first-order valence-electron chi connectivity index (χ1n) is 6.28. The minimum Gasteiger partial charge on any atom is -0.312 e. The summed E-state index contributed by atoms with van der Waals surface area (Å²) < 4.78 is 1.17. The highest BCUT2D eigenvalue weighted by molar-refractivity contribution is 9.10. The van der Waals surface area contributed by atoms with Crippen LogP contribution in [-0.4, -0.2) is 18.3 Å². The van der Waals surface area contributed by atoms with Crippen molar-refractivity contribution in [1.29, 1.82) is 0 Å². The van der Waals surface area contributed by atoms with Crippen LogP contribution in [0.15, 0.2) is 33.6 Å². The molecular weight excluding hydrogens is 306 g/mol. The van der Waals surface area contributed by atoms with Gasteiger partial charge in [0.05, 0.1) is 0 Å². The quantitative estimate of drug-likeness (QED) is 0.591. The van der Waals surface area contributed by atoms with Gasteiger partial charge in [-0.05, 0) is 48.0 Å². The van der Waals surface area contributed by atoms with E-state index in [2.05, 4.69) is 58.2 Å². The Bertz CT molecular complexity index is 408. The van der Waals surface area contributed by atoms with E-state index in [0.29, 0.717) is 6.04 Å². The molecule has 3 heteroatoms. The smallest absolute Gasteiger partial charge is 0.0311 e. The average Bonchev–Trinajstić information content (AvgIpc) is 2.39. The molecule has 0 aliphatic heterocycles. The summed E-state index contributed by atoms with van der Waals surface area (Å²) in [5, 5.41) is 3.56. The van der Waals surface area contributed by atoms with Crippen molar-refractivity contribution in [2.24, 2.45) is 0 Å². The van der Waals surface area contributed by atoms with Crippen LogP contribution in [0.5, 0.6) is 0 Å². The topological polar surface area (TPSA) is 12.0 Å². The van der Waals surface area contributed by atoms with Crippen molar-refractivity contribution >= 4 is 27.7 Å². The van der Waals surface area contributed by atoms with Crippen molar-refractivity contribution in [1.82, 2.24) is 5.32 Å². The molecule has 0 aliphatic carbocycles. The molecule has 18 heavy (non-hydrogen) atoms. The number of nitrogens with one attached hydrogen (secondary N) is 1. The Morgan fingerprint density at radius 1 is 1.39 bits per heavy atom. The molecule has 98 valence electrons. The van der Waals surface area contributed by atoms with Gasteiger partial charge in [-0.1, -0.05) is 19.1 Å². The molecule has 0 saturated heterocycles. The lowest BCUT2D eigenvalue weighted by Crippen LogP contribution is -2.31. The van der Waals surface area contributed by atoms with E-state index in [9.17, 15) is 0 Å². The first-order valence-corrected chi connectivity index (χ1v) is 8.06. The Kier molecular flexibility index (Phi) is 8.24. The highest BCUT2D eigenvalue weighted by Crippen LogP contribution is 2.27. The van der Waals surface area contributed by atoms with Gasteiger partial charge in [0.25, 0.3) is 0 Å². The summed E-state index contributed by atoms with van der Waals surface area (Å²) in [5.74, 6) is 7.20. The molecule has 0 aliphatic rings. The first-order chi connectivity index (χ1) is 8.77. The predicted octanol–water partition coefficient (Wildman–Crippen LogP) is 4.32. The average molecular weight is 326 g/mol. The summed E-state index contributed by atoms with van der Waals surface area (Å²) in [6, 6.07) is 8.82. The molecule has 0 saturated carbocycles. The maximum Gasteiger partial charge on any atom is 0.0311 e. The van der Waals surface area contributed by atoms with Gasteiger partial charge in [-0.2, -0.15) is 0 Å². The summed E-state index contributed by atoms with van der Waals surface area (Å²) >= 11 is 5.46. The molecule has 1 unspecified atom stereocenters. The van der Waals surface area contributed by atoms with Crippen molar-refractivity contribution < 1.29 is 0 Å². The SMILES string of the molecule is CC#CCC(CSc1ccccc1Br)NCCC. The third-order valence-electron chi connectivity index (χ3n) is 2.48. The molecule has 0 radical (unpaired) electrons. The fraction of sp³-hybridized carbons (Fsp3) is 0.467. The number of halogens is 1. The Labute approximate surface area is 123 Å². The monoisotopic (exact) mass is 325 g/mol. The maximum absolute atomic E-state index is 3.58. The van der Waals surface area contributed by atoms with E-state index in [-0.39, 0.29) is 0 Å². The van der Waals surface area contributed by atoms with Crippen LogP contribution in [0.25, 0.3) is 0 Å². The van der Waals surface area contributed by atoms with E-state index >= 15 is 0 Å². The molecule has 0 heterocycles. The fourth-order valence-corrected chi connectivity index (χ4v) is 3.14. The number of rotatable bonds is 7. The highest BCUT2D eigenvalue weighted by Gasteiger charge is 2.08. The number of benzene rings is 1. The summed E-state index contributed by atoms with van der Waals surface area (Å²) in [4.78, 5) is 1.30. The molecule has 1 N–H and O–H groups in total. The fourth-order valence-electron chi connectivity index (χ4n) is 1.52. The molecule has 0 aromatic heterocycles. The van der Waals surface area contributed by atoms with Gasteiger partial charge < -0.3 is 5.32 Å². The van der Waals surface area contributed by atoms with E-state index in [1.54, 1.807) is 0 Å². The lowest BCUT2D eigenvalue weighted by Gasteiger charge is -2.16. The molecule has 0 fully saturated rings. The van der Waals surface area contributed by atoms with Gasteiger partial charge in [-0.15, -0.1) is 23.6 Å². The highest BCUT2D eigenvalue weighted by atomic mass is 79.9. The molecule has 1 atom stereocenters. The Morgan fingerprint density at radius 2 is 2.17 bits per heavy atom. The maximum atomic E-state index is 3.58. The van der Waals surface area contributed by atoms with Gasteiger partial charge in [-0.25, -0.2) is 0 Å². The van der Waals surface area contributed by atoms with Gasteiger partial charge in [-0.3, -0.25) is 0 Å². The lowest BCUT2D eigenvalue weighted by atomic mass is 10.2. The Morgan fingerprint density at radius 3 is 2.83 bits per heavy atom. The summed E-state index contributed by atoms with van der Waals surface area (Å²) in [5.41, 5.74) is 0. The van der Waals surface area contributed by atoms with E-state index in [4.69, 9.17) is 0 Å². The van der Waals surface area contributed by atoms with Crippen LogP contribution in [0.1, 0.15) is 26.7 Å². The van der Waals surface area contributed by atoms with Crippen molar-refractivity contribution in [3.05, 3.63) is 28.7 Å². The van der Waals surface area contributed by atoms with Gasteiger partial charge in [0.2, 0.25) is 0 Å². The van der Waals surface area contributed by atoms with E-state index in [1.165, 1.54) is 9.37 Å². The molecular formula is C15H20BrNS. The molecule has 1 aromatic carbocycles. The summed E-state index contributed by atoms with van der Waals surface area (Å²) in [6.07, 6.45) is 2.09. The van der Waals surface area contributed by atoms with Crippen molar-refractivity contribution in [2.75, 3.05) is 12.3 Å². The minimum absolute atomic E-state index is 0.467. The van der Waals surface area contributed by atoms with E-state index in [0.717, 1.165) is 25.1 Å². The normalized spacial score (nSPS) is 11.7. The lowest BCUT2D eigenvalue weighted by molar-refractivity contribution is 0.563. The number of thioether (sulfide) groups is 1. The van der Waals surface area contributed by atoms with Crippen LogP contribution in [0, 0.1) is 11.8 Å². The second kappa shape index (κ2) is 9.49. The van der Waals surface area contributed by atoms with Gasteiger partial charge in [0.15, 0.2) is 0 Å². The summed E-state index contributed by atoms with van der Waals surface area (Å²) in [6.45, 7) is 5.15. The van der Waals surface area contributed by atoms with Gasteiger partial charge >= 0.3 is 0 Å². The zero-order chi connectivity index (χ0) is 13.2. The van der Waals surface area contributed by atoms with Crippen LogP contribution in [0.2, 0.25) is 0 Å². The van der Waals surface area contributed by atoms with Crippen LogP contribution in [0.4, 0.5) is 0 Å². The third-order valence-corrected chi connectivity index (χ3v) is 4.67. The van der Waals surface area contributed by atoms with Crippen LogP contribution >= 0.6 is 27.7 Å². The largest absolute Gasteiger partial charge is 0.312 e. The van der Waals surface area contributed by atoms with Crippen molar-refractivity contribution in [2.45, 2.75) is 37.6 Å². The van der Waals surface area contributed by atoms with Crippen LogP contribution in [0.3, 0.4) is 0 Å². The molecule has 1 aromatic rings. The molecule has 1 nitrogen and oxygen atoms in total. The minimum atomic E-state index is 0.467.